The quantitative estimate of drug-likeness (QED) is 0.645. The number of hydrogen-bond donors (Lipinski definition) is 0. The Hall–Kier alpha value is -1.87. The van der Waals surface area contributed by atoms with E-state index in [1.165, 1.54) is 16.6 Å². The SMILES string of the molecule is Brc1ccc2nc3c(cc2c1)CCN3c1ccccc1. The fourth-order valence-electron chi connectivity index (χ4n) is 2.80. The van der Waals surface area contributed by atoms with Gasteiger partial charge in [-0.05, 0) is 48.4 Å². The molecule has 0 aliphatic carbocycles. The Balaban J connectivity index is 1.87. The standard InChI is InChI=1S/C17H13BrN2/c18-14-6-7-16-13(11-14)10-12-8-9-20(17(12)19-16)15-4-2-1-3-5-15/h1-7,10-11H,8-9H2. The van der Waals surface area contributed by atoms with Crippen molar-refractivity contribution in [2.45, 2.75) is 6.42 Å². The van der Waals surface area contributed by atoms with Crippen molar-refractivity contribution in [3.8, 4) is 0 Å². The van der Waals surface area contributed by atoms with Crippen molar-refractivity contribution in [3.63, 3.8) is 0 Å². The highest BCUT2D eigenvalue weighted by Crippen LogP contribution is 2.35. The molecule has 0 radical (unpaired) electrons. The molecular weight excluding hydrogens is 312 g/mol. The second-order valence-electron chi connectivity index (χ2n) is 5.05. The molecule has 98 valence electrons. The Bertz CT molecular complexity index is 784. The first-order valence-electron chi connectivity index (χ1n) is 6.73. The zero-order valence-corrected chi connectivity index (χ0v) is 12.5. The summed E-state index contributed by atoms with van der Waals surface area (Å²) in [5, 5.41) is 1.20. The van der Waals surface area contributed by atoms with Gasteiger partial charge in [-0.3, -0.25) is 0 Å². The number of rotatable bonds is 1. The second kappa shape index (κ2) is 4.60. The molecule has 2 heterocycles. The lowest BCUT2D eigenvalue weighted by Crippen LogP contribution is -2.14. The van der Waals surface area contributed by atoms with Crippen LogP contribution in [0.15, 0.2) is 59.1 Å². The first kappa shape index (κ1) is 11.9. The van der Waals surface area contributed by atoms with Gasteiger partial charge in [-0.15, -0.1) is 0 Å². The van der Waals surface area contributed by atoms with Crippen LogP contribution in [0.25, 0.3) is 10.9 Å². The van der Waals surface area contributed by atoms with Gasteiger partial charge < -0.3 is 4.90 Å². The summed E-state index contributed by atoms with van der Waals surface area (Å²) in [6.07, 6.45) is 1.06. The molecule has 0 atom stereocenters. The second-order valence-corrected chi connectivity index (χ2v) is 5.96. The van der Waals surface area contributed by atoms with Crippen molar-refractivity contribution in [2.75, 3.05) is 11.4 Å². The largest absolute Gasteiger partial charge is 0.326 e. The van der Waals surface area contributed by atoms with Crippen LogP contribution in [0.1, 0.15) is 5.56 Å². The summed E-state index contributed by atoms with van der Waals surface area (Å²) in [6.45, 7) is 1.00. The van der Waals surface area contributed by atoms with E-state index in [1.54, 1.807) is 0 Å². The van der Waals surface area contributed by atoms with Crippen LogP contribution in [0, 0.1) is 0 Å². The third kappa shape index (κ3) is 1.90. The van der Waals surface area contributed by atoms with Gasteiger partial charge in [0.2, 0.25) is 0 Å². The maximum atomic E-state index is 4.86. The lowest BCUT2D eigenvalue weighted by Gasteiger charge is -2.18. The summed E-state index contributed by atoms with van der Waals surface area (Å²) in [4.78, 5) is 7.16. The van der Waals surface area contributed by atoms with Crippen LogP contribution >= 0.6 is 15.9 Å². The normalized spacial score (nSPS) is 13.8. The van der Waals surface area contributed by atoms with Gasteiger partial charge in [-0.25, -0.2) is 4.98 Å². The molecule has 3 heteroatoms. The van der Waals surface area contributed by atoms with Gasteiger partial charge in [0.1, 0.15) is 5.82 Å². The minimum Gasteiger partial charge on any atom is -0.326 e. The van der Waals surface area contributed by atoms with Gasteiger partial charge in [0.05, 0.1) is 5.52 Å². The minimum absolute atomic E-state index is 1.00. The molecule has 0 unspecified atom stereocenters. The van der Waals surface area contributed by atoms with Crippen LogP contribution in [0.3, 0.4) is 0 Å². The molecule has 3 aromatic rings. The first-order chi connectivity index (χ1) is 9.81. The molecule has 1 aliphatic rings. The number of para-hydroxylation sites is 1. The topological polar surface area (TPSA) is 16.1 Å². The number of halogens is 1. The molecular formula is C17H13BrN2. The van der Waals surface area contributed by atoms with E-state index < -0.39 is 0 Å². The lowest BCUT2D eigenvalue weighted by molar-refractivity contribution is 0.991. The Morgan fingerprint density at radius 2 is 1.85 bits per heavy atom. The van der Waals surface area contributed by atoms with Crippen molar-refractivity contribution >= 4 is 38.3 Å². The van der Waals surface area contributed by atoms with E-state index in [4.69, 9.17) is 4.98 Å². The Morgan fingerprint density at radius 3 is 2.70 bits per heavy atom. The van der Waals surface area contributed by atoms with E-state index >= 15 is 0 Å². The molecule has 0 spiro atoms. The summed E-state index contributed by atoms with van der Waals surface area (Å²) < 4.78 is 1.10. The van der Waals surface area contributed by atoms with Crippen molar-refractivity contribution in [1.29, 1.82) is 0 Å². The summed E-state index contributed by atoms with van der Waals surface area (Å²) in [6, 6.07) is 19.0. The van der Waals surface area contributed by atoms with Crippen molar-refractivity contribution < 1.29 is 0 Å². The van der Waals surface area contributed by atoms with Gasteiger partial charge >= 0.3 is 0 Å². The molecule has 0 N–H and O–H groups in total. The molecule has 0 bridgehead atoms. The predicted octanol–water partition coefficient (Wildman–Crippen LogP) is 4.69. The monoisotopic (exact) mass is 324 g/mol. The van der Waals surface area contributed by atoms with E-state index in [-0.39, 0.29) is 0 Å². The summed E-state index contributed by atoms with van der Waals surface area (Å²) in [5.41, 5.74) is 3.60. The third-order valence-corrected chi connectivity index (χ3v) is 4.25. The summed E-state index contributed by atoms with van der Waals surface area (Å²) in [5.74, 6) is 1.10. The van der Waals surface area contributed by atoms with E-state index in [0.29, 0.717) is 0 Å². The molecule has 0 fully saturated rings. The van der Waals surface area contributed by atoms with Crippen LogP contribution in [-0.2, 0) is 6.42 Å². The van der Waals surface area contributed by atoms with Gasteiger partial charge in [-0.1, -0.05) is 34.1 Å². The zero-order valence-electron chi connectivity index (χ0n) is 10.9. The third-order valence-electron chi connectivity index (χ3n) is 3.76. The van der Waals surface area contributed by atoms with E-state index in [1.807, 2.05) is 12.1 Å². The molecule has 2 nitrogen and oxygen atoms in total. The zero-order chi connectivity index (χ0) is 13.5. The van der Waals surface area contributed by atoms with Gasteiger partial charge in [0.15, 0.2) is 0 Å². The smallest absolute Gasteiger partial charge is 0.137 e. The number of hydrogen-bond acceptors (Lipinski definition) is 2. The average molecular weight is 325 g/mol. The summed E-state index contributed by atoms with van der Waals surface area (Å²) >= 11 is 3.52. The van der Waals surface area contributed by atoms with Crippen LogP contribution < -0.4 is 4.90 Å². The molecule has 1 aliphatic heterocycles. The Kier molecular flexibility index (Phi) is 2.74. The molecule has 2 aromatic carbocycles. The van der Waals surface area contributed by atoms with Crippen LogP contribution in [0.4, 0.5) is 11.5 Å². The number of benzene rings is 2. The number of aromatic nitrogens is 1. The highest BCUT2D eigenvalue weighted by molar-refractivity contribution is 9.10. The summed E-state index contributed by atoms with van der Waals surface area (Å²) in [7, 11) is 0. The Labute approximate surface area is 126 Å². The fraction of sp³-hybridized carbons (Fsp3) is 0.118. The van der Waals surface area contributed by atoms with Crippen LogP contribution in [0.2, 0.25) is 0 Å². The maximum absolute atomic E-state index is 4.86. The Morgan fingerprint density at radius 1 is 1.00 bits per heavy atom. The molecule has 1 aromatic heterocycles. The van der Waals surface area contributed by atoms with Gasteiger partial charge in [0.25, 0.3) is 0 Å². The highest BCUT2D eigenvalue weighted by atomic mass is 79.9. The van der Waals surface area contributed by atoms with E-state index in [9.17, 15) is 0 Å². The molecule has 0 saturated heterocycles. The number of nitrogens with zero attached hydrogens (tertiary/aromatic N) is 2. The molecule has 0 saturated carbocycles. The molecule has 0 amide bonds. The lowest BCUT2D eigenvalue weighted by atomic mass is 10.1. The van der Waals surface area contributed by atoms with Crippen molar-refractivity contribution in [1.82, 2.24) is 4.98 Å². The number of pyridine rings is 1. The van der Waals surface area contributed by atoms with Crippen LogP contribution in [-0.4, -0.2) is 11.5 Å². The predicted molar refractivity (Wildman–Crippen MR) is 86.6 cm³/mol. The average Bonchev–Trinajstić information content (AvgIpc) is 2.88. The van der Waals surface area contributed by atoms with Crippen molar-refractivity contribution in [3.05, 3.63) is 64.6 Å². The van der Waals surface area contributed by atoms with Crippen molar-refractivity contribution in [2.24, 2.45) is 0 Å². The fourth-order valence-corrected chi connectivity index (χ4v) is 3.17. The van der Waals surface area contributed by atoms with Gasteiger partial charge in [0, 0.05) is 22.1 Å². The van der Waals surface area contributed by atoms with E-state index in [2.05, 4.69) is 63.3 Å². The number of anilines is 2. The highest BCUT2D eigenvalue weighted by Gasteiger charge is 2.22. The van der Waals surface area contributed by atoms with E-state index in [0.717, 1.165) is 28.8 Å². The molecule has 4 rings (SSSR count). The number of fused-ring (bicyclic) bond motifs is 2. The van der Waals surface area contributed by atoms with Gasteiger partial charge in [-0.2, -0.15) is 0 Å². The first-order valence-corrected chi connectivity index (χ1v) is 7.52. The maximum Gasteiger partial charge on any atom is 0.137 e. The van der Waals surface area contributed by atoms with Crippen LogP contribution in [0.5, 0.6) is 0 Å². The molecule has 20 heavy (non-hydrogen) atoms. The minimum atomic E-state index is 1.00.